The highest BCUT2D eigenvalue weighted by molar-refractivity contribution is 9.10. The molecule has 2 unspecified atom stereocenters. The summed E-state index contributed by atoms with van der Waals surface area (Å²) in [4.78, 5) is 30.1. The quantitative estimate of drug-likeness (QED) is 0.245. The fraction of sp³-hybridized carbons (Fsp3) is 0.333. The number of halogens is 1. The molecule has 0 fully saturated rings. The SMILES string of the molecule is CCC(C)NC(=O)C(Cc1ccccc1)N(Cc1cccc(Br)c1)C(=O)CCSc1ccc(C)cc1. The Hall–Kier alpha value is -2.57. The van der Waals surface area contributed by atoms with E-state index in [4.69, 9.17) is 0 Å². The van der Waals surface area contributed by atoms with Crippen LogP contribution in [0.15, 0.2) is 88.2 Å². The number of benzene rings is 3. The Kier molecular flexibility index (Phi) is 11.1. The molecule has 3 aromatic rings. The van der Waals surface area contributed by atoms with Crippen molar-refractivity contribution in [1.29, 1.82) is 0 Å². The number of carbonyl (C=O) groups is 2. The Morgan fingerprint density at radius 2 is 1.67 bits per heavy atom. The molecule has 0 spiro atoms. The van der Waals surface area contributed by atoms with Crippen molar-refractivity contribution in [1.82, 2.24) is 10.2 Å². The van der Waals surface area contributed by atoms with Gasteiger partial charge >= 0.3 is 0 Å². The Morgan fingerprint density at radius 3 is 2.33 bits per heavy atom. The van der Waals surface area contributed by atoms with E-state index in [1.54, 1.807) is 16.7 Å². The van der Waals surface area contributed by atoms with Gasteiger partial charge in [0.2, 0.25) is 11.8 Å². The van der Waals surface area contributed by atoms with E-state index >= 15 is 0 Å². The second-order valence-corrected chi connectivity index (χ2v) is 11.2. The Balaban J connectivity index is 1.85. The number of carbonyl (C=O) groups excluding carboxylic acids is 2. The van der Waals surface area contributed by atoms with Crippen LogP contribution >= 0.6 is 27.7 Å². The van der Waals surface area contributed by atoms with Crippen LogP contribution in [-0.4, -0.2) is 34.6 Å². The molecule has 0 saturated heterocycles. The molecule has 2 atom stereocenters. The molecule has 2 amide bonds. The number of nitrogens with zero attached hydrogens (tertiary/aromatic N) is 1. The van der Waals surface area contributed by atoms with Crippen LogP contribution in [0, 0.1) is 6.92 Å². The zero-order valence-corrected chi connectivity index (χ0v) is 23.6. The van der Waals surface area contributed by atoms with Crippen LogP contribution in [0.1, 0.15) is 43.4 Å². The first kappa shape index (κ1) is 28.0. The normalized spacial score (nSPS) is 12.6. The van der Waals surface area contributed by atoms with Crippen molar-refractivity contribution >= 4 is 39.5 Å². The molecule has 1 N–H and O–H groups in total. The lowest BCUT2D eigenvalue weighted by atomic mass is 10.0. The van der Waals surface area contributed by atoms with Crippen molar-refractivity contribution in [3.8, 4) is 0 Å². The summed E-state index contributed by atoms with van der Waals surface area (Å²) in [6, 6.07) is 25.6. The fourth-order valence-electron chi connectivity index (χ4n) is 3.86. The molecule has 6 heteroatoms. The highest BCUT2D eigenvalue weighted by atomic mass is 79.9. The van der Waals surface area contributed by atoms with Crippen LogP contribution in [0.4, 0.5) is 0 Å². The molecular formula is C30H35BrN2O2S. The van der Waals surface area contributed by atoms with Crippen molar-refractivity contribution < 1.29 is 9.59 Å². The minimum atomic E-state index is -0.600. The van der Waals surface area contributed by atoms with Crippen molar-refractivity contribution in [2.24, 2.45) is 0 Å². The predicted octanol–water partition coefficient (Wildman–Crippen LogP) is 6.79. The summed E-state index contributed by atoms with van der Waals surface area (Å²) >= 11 is 5.20. The number of rotatable bonds is 12. The Morgan fingerprint density at radius 1 is 0.972 bits per heavy atom. The smallest absolute Gasteiger partial charge is 0.243 e. The molecule has 4 nitrogen and oxygen atoms in total. The number of hydrogen-bond donors (Lipinski definition) is 1. The summed E-state index contributed by atoms with van der Waals surface area (Å²) in [5.74, 6) is 0.527. The van der Waals surface area contributed by atoms with Gasteiger partial charge in [-0.05, 0) is 55.7 Å². The van der Waals surface area contributed by atoms with Gasteiger partial charge in [-0.1, -0.05) is 83.0 Å². The maximum Gasteiger partial charge on any atom is 0.243 e. The maximum absolute atomic E-state index is 13.7. The lowest BCUT2D eigenvalue weighted by Crippen LogP contribution is -2.52. The summed E-state index contributed by atoms with van der Waals surface area (Å²) < 4.78 is 0.950. The summed E-state index contributed by atoms with van der Waals surface area (Å²) in [6.45, 7) is 6.48. The lowest BCUT2D eigenvalue weighted by molar-refractivity contribution is -0.141. The minimum absolute atomic E-state index is 0.0187. The van der Waals surface area contributed by atoms with Crippen LogP contribution in [-0.2, 0) is 22.6 Å². The molecular weight excluding hydrogens is 532 g/mol. The molecule has 3 aromatic carbocycles. The average Bonchev–Trinajstić information content (AvgIpc) is 2.87. The van der Waals surface area contributed by atoms with Gasteiger partial charge in [-0.25, -0.2) is 0 Å². The van der Waals surface area contributed by atoms with Gasteiger partial charge in [0.05, 0.1) is 0 Å². The monoisotopic (exact) mass is 566 g/mol. The standard InChI is InChI=1S/C30H35BrN2O2S/c1-4-23(3)32-30(35)28(20-24-9-6-5-7-10-24)33(21-25-11-8-12-26(31)19-25)29(34)17-18-36-27-15-13-22(2)14-16-27/h5-16,19,23,28H,4,17-18,20-21H2,1-3H3,(H,32,35). The van der Waals surface area contributed by atoms with E-state index in [0.717, 1.165) is 26.9 Å². The fourth-order valence-corrected chi connectivity index (χ4v) is 5.15. The molecule has 0 aliphatic heterocycles. The van der Waals surface area contributed by atoms with Gasteiger partial charge in [-0.3, -0.25) is 9.59 Å². The molecule has 0 aliphatic rings. The van der Waals surface area contributed by atoms with Gasteiger partial charge in [0, 0.05) is 40.5 Å². The second kappa shape index (κ2) is 14.2. The molecule has 0 saturated carbocycles. The largest absolute Gasteiger partial charge is 0.352 e. The van der Waals surface area contributed by atoms with Crippen LogP contribution in [0.5, 0.6) is 0 Å². The molecule has 0 aliphatic carbocycles. The van der Waals surface area contributed by atoms with E-state index in [1.807, 2.05) is 68.4 Å². The van der Waals surface area contributed by atoms with Gasteiger partial charge < -0.3 is 10.2 Å². The van der Waals surface area contributed by atoms with E-state index in [9.17, 15) is 9.59 Å². The van der Waals surface area contributed by atoms with Gasteiger partial charge in [0.25, 0.3) is 0 Å². The van der Waals surface area contributed by atoms with Crippen molar-refractivity contribution in [3.63, 3.8) is 0 Å². The Bertz CT molecular complexity index is 1120. The van der Waals surface area contributed by atoms with Crippen LogP contribution < -0.4 is 5.32 Å². The Labute approximate surface area is 228 Å². The first-order valence-electron chi connectivity index (χ1n) is 12.4. The number of amides is 2. The average molecular weight is 568 g/mol. The second-order valence-electron chi connectivity index (χ2n) is 9.09. The first-order chi connectivity index (χ1) is 17.4. The van der Waals surface area contributed by atoms with E-state index < -0.39 is 6.04 Å². The van der Waals surface area contributed by atoms with E-state index in [0.29, 0.717) is 25.1 Å². The highest BCUT2D eigenvalue weighted by Gasteiger charge is 2.30. The third-order valence-electron chi connectivity index (χ3n) is 6.12. The molecule has 0 radical (unpaired) electrons. The number of nitrogens with one attached hydrogen (secondary N) is 1. The van der Waals surface area contributed by atoms with Gasteiger partial charge in [0.15, 0.2) is 0 Å². The minimum Gasteiger partial charge on any atom is -0.352 e. The number of aryl methyl sites for hydroxylation is 1. The number of hydrogen-bond acceptors (Lipinski definition) is 3. The molecule has 0 heterocycles. The number of thioether (sulfide) groups is 1. The van der Waals surface area contributed by atoms with Crippen molar-refractivity contribution in [2.45, 2.75) is 63.6 Å². The van der Waals surface area contributed by atoms with Gasteiger partial charge in [-0.15, -0.1) is 11.8 Å². The van der Waals surface area contributed by atoms with Gasteiger partial charge in [-0.2, -0.15) is 0 Å². The van der Waals surface area contributed by atoms with Crippen LogP contribution in [0.2, 0.25) is 0 Å². The summed E-state index contributed by atoms with van der Waals surface area (Å²) in [6.07, 6.45) is 1.65. The highest BCUT2D eigenvalue weighted by Crippen LogP contribution is 2.22. The molecule has 0 bridgehead atoms. The molecule has 36 heavy (non-hydrogen) atoms. The zero-order chi connectivity index (χ0) is 25.9. The van der Waals surface area contributed by atoms with Crippen LogP contribution in [0.3, 0.4) is 0 Å². The molecule has 3 rings (SSSR count). The third kappa shape index (κ3) is 8.82. The van der Waals surface area contributed by atoms with Gasteiger partial charge in [0.1, 0.15) is 6.04 Å². The van der Waals surface area contributed by atoms with E-state index in [2.05, 4.69) is 52.4 Å². The zero-order valence-electron chi connectivity index (χ0n) is 21.2. The summed E-state index contributed by atoms with van der Waals surface area (Å²) in [7, 11) is 0. The summed E-state index contributed by atoms with van der Waals surface area (Å²) in [5, 5.41) is 3.12. The predicted molar refractivity (Wildman–Crippen MR) is 153 cm³/mol. The summed E-state index contributed by atoms with van der Waals surface area (Å²) in [5.41, 5.74) is 3.23. The van der Waals surface area contributed by atoms with E-state index in [1.165, 1.54) is 5.56 Å². The lowest BCUT2D eigenvalue weighted by Gasteiger charge is -2.32. The van der Waals surface area contributed by atoms with E-state index in [-0.39, 0.29) is 17.9 Å². The van der Waals surface area contributed by atoms with Crippen molar-refractivity contribution in [2.75, 3.05) is 5.75 Å². The van der Waals surface area contributed by atoms with Crippen LogP contribution in [0.25, 0.3) is 0 Å². The van der Waals surface area contributed by atoms with Crippen molar-refractivity contribution in [3.05, 3.63) is 100 Å². The topological polar surface area (TPSA) is 49.4 Å². The maximum atomic E-state index is 13.7. The molecule has 0 aromatic heterocycles. The molecule has 190 valence electrons. The first-order valence-corrected chi connectivity index (χ1v) is 14.2. The third-order valence-corrected chi connectivity index (χ3v) is 7.63.